The monoisotopic (exact) mass is 233 g/mol. The average Bonchev–Trinajstić information content (AvgIpc) is 2.35. The Morgan fingerprint density at radius 1 is 1.35 bits per heavy atom. The molecular weight excluding hydrogens is 224 g/mol. The van der Waals surface area contributed by atoms with Crippen LogP contribution in [0.3, 0.4) is 0 Å². The summed E-state index contributed by atoms with van der Waals surface area (Å²) in [5.74, 6) is 0.200. The number of nitriles is 1. The number of fused-ring (bicyclic) bond motifs is 1. The summed E-state index contributed by atoms with van der Waals surface area (Å²) in [7, 11) is 0. The largest absolute Gasteiger partial charge is 0.363 e. The normalized spacial score (nSPS) is 10.5. The number of hydrogen-bond acceptors (Lipinski definition) is 3. The third-order valence-corrected chi connectivity index (χ3v) is 2.27. The molecule has 1 heterocycles. The van der Waals surface area contributed by atoms with Crippen LogP contribution in [0.2, 0.25) is 0 Å². The first-order valence-electron chi connectivity index (χ1n) is 5.02. The Bertz CT molecular complexity index is 575. The molecule has 0 saturated carbocycles. The second-order valence-corrected chi connectivity index (χ2v) is 3.46. The number of alkyl halides is 2. The third kappa shape index (κ3) is 2.48. The topological polar surface area (TPSA) is 48.7 Å². The molecule has 2 rings (SSSR count). The van der Waals surface area contributed by atoms with Gasteiger partial charge in [-0.3, -0.25) is 0 Å². The van der Waals surface area contributed by atoms with Crippen LogP contribution < -0.4 is 5.32 Å². The first-order valence-corrected chi connectivity index (χ1v) is 5.02. The van der Waals surface area contributed by atoms with E-state index in [2.05, 4.69) is 10.3 Å². The molecule has 1 aromatic heterocycles. The molecule has 0 radical (unpaired) electrons. The summed E-state index contributed by atoms with van der Waals surface area (Å²) in [6, 6.07) is 10.8. The quantitative estimate of drug-likeness (QED) is 0.886. The lowest BCUT2D eigenvalue weighted by Crippen LogP contribution is -2.12. The highest BCUT2D eigenvalue weighted by Gasteiger charge is 2.08. The minimum absolute atomic E-state index is 0.200. The van der Waals surface area contributed by atoms with Gasteiger partial charge in [-0.1, -0.05) is 18.2 Å². The molecule has 0 spiro atoms. The van der Waals surface area contributed by atoms with Crippen molar-refractivity contribution in [1.82, 2.24) is 4.98 Å². The lowest BCUT2D eigenvalue weighted by atomic mass is 10.1. The second kappa shape index (κ2) is 4.74. The highest BCUT2D eigenvalue weighted by atomic mass is 19.3. The van der Waals surface area contributed by atoms with E-state index in [0.29, 0.717) is 5.52 Å². The Hall–Kier alpha value is -2.22. The number of benzene rings is 1. The Balaban J connectivity index is 2.43. The fraction of sp³-hybridized carbons (Fsp3) is 0.167. The summed E-state index contributed by atoms with van der Waals surface area (Å²) < 4.78 is 24.2. The van der Waals surface area contributed by atoms with E-state index in [0.717, 1.165) is 5.39 Å². The molecule has 1 N–H and O–H groups in total. The third-order valence-electron chi connectivity index (χ3n) is 2.27. The number of aromatic nitrogens is 1. The van der Waals surface area contributed by atoms with Crippen LogP contribution in [0.25, 0.3) is 10.9 Å². The van der Waals surface area contributed by atoms with Crippen molar-refractivity contribution in [3.8, 4) is 6.07 Å². The van der Waals surface area contributed by atoms with Crippen LogP contribution >= 0.6 is 0 Å². The summed E-state index contributed by atoms with van der Waals surface area (Å²) >= 11 is 0. The number of nitrogens with one attached hydrogen (secondary N) is 1. The summed E-state index contributed by atoms with van der Waals surface area (Å²) in [6.07, 6.45) is -2.48. The Labute approximate surface area is 96.7 Å². The van der Waals surface area contributed by atoms with Crippen molar-refractivity contribution >= 4 is 16.7 Å². The van der Waals surface area contributed by atoms with Gasteiger partial charge in [0.2, 0.25) is 0 Å². The zero-order chi connectivity index (χ0) is 12.3. The van der Waals surface area contributed by atoms with Gasteiger partial charge in [-0.2, -0.15) is 5.26 Å². The number of anilines is 1. The molecular formula is C12H9F2N3. The van der Waals surface area contributed by atoms with Gasteiger partial charge in [0.05, 0.1) is 17.6 Å². The van der Waals surface area contributed by atoms with Gasteiger partial charge >= 0.3 is 0 Å². The van der Waals surface area contributed by atoms with Crippen molar-refractivity contribution in [1.29, 1.82) is 5.26 Å². The van der Waals surface area contributed by atoms with Gasteiger partial charge in [0.1, 0.15) is 11.9 Å². The SMILES string of the molecule is N#Cc1cc2ccccc2nc1NCC(F)F. The molecule has 0 atom stereocenters. The molecule has 0 amide bonds. The first-order chi connectivity index (χ1) is 8.20. The molecule has 0 saturated heterocycles. The zero-order valence-corrected chi connectivity index (χ0v) is 8.82. The highest BCUT2D eigenvalue weighted by molar-refractivity contribution is 5.82. The molecule has 0 bridgehead atoms. The standard InChI is InChI=1S/C12H9F2N3/c13-11(14)7-16-12-9(6-15)5-8-3-1-2-4-10(8)17-12/h1-5,11H,7H2,(H,16,17). The zero-order valence-electron chi connectivity index (χ0n) is 8.82. The van der Waals surface area contributed by atoms with E-state index in [1.807, 2.05) is 18.2 Å². The summed E-state index contributed by atoms with van der Waals surface area (Å²) in [5, 5.41) is 12.2. The van der Waals surface area contributed by atoms with Crippen molar-refractivity contribution in [2.45, 2.75) is 6.43 Å². The summed E-state index contributed by atoms with van der Waals surface area (Å²) in [5.41, 5.74) is 0.938. The van der Waals surface area contributed by atoms with Crippen molar-refractivity contribution in [2.24, 2.45) is 0 Å². The average molecular weight is 233 g/mol. The van der Waals surface area contributed by atoms with Crippen LogP contribution in [-0.4, -0.2) is 18.0 Å². The Morgan fingerprint density at radius 2 is 2.12 bits per heavy atom. The number of para-hydroxylation sites is 1. The number of rotatable bonds is 3. The predicted octanol–water partition coefficient (Wildman–Crippen LogP) is 2.78. The van der Waals surface area contributed by atoms with E-state index in [9.17, 15) is 8.78 Å². The van der Waals surface area contributed by atoms with Crippen molar-refractivity contribution in [3.05, 3.63) is 35.9 Å². The van der Waals surface area contributed by atoms with Gasteiger partial charge in [0.15, 0.2) is 0 Å². The maximum Gasteiger partial charge on any atom is 0.255 e. The number of nitrogens with zero attached hydrogens (tertiary/aromatic N) is 2. The van der Waals surface area contributed by atoms with Crippen molar-refractivity contribution < 1.29 is 8.78 Å². The van der Waals surface area contributed by atoms with Gasteiger partial charge in [-0.05, 0) is 12.1 Å². The van der Waals surface area contributed by atoms with E-state index < -0.39 is 13.0 Å². The van der Waals surface area contributed by atoms with Gasteiger partial charge in [0.25, 0.3) is 6.43 Å². The molecule has 86 valence electrons. The Kier molecular flexibility index (Phi) is 3.15. The van der Waals surface area contributed by atoms with Crippen LogP contribution in [0.1, 0.15) is 5.56 Å². The number of pyridine rings is 1. The van der Waals surface area contributed by atoms with E-state index >= 15 is 0 Å². The van der Waals surface area contributed by atoms with Crippen LogP contribution in [0.5, 0.6) is 0 Å². The van der Waals surface area contributed by atoms with Gasteiger partial charge in [-0.15, -0.1) is 0 Å². The summed E-state index contributed by atoms with van der Waals surface area (Å²) in [4.78, 5) is 4.15. The lowest BCUT2D eigenvalue weighted by molar-refractivity contribution is 0.163. The fourth-order valence-corrected chi connectivity index (χ4v) is 1.51. The Morgan fingerprint density at radius 3 is 2.82 bits per heavy atom. The van der Waals surface area contributed by atoms with Crippen LogP contribution in [0.4, 0.5) is 14.6 Å². The molecule has 5 heteroatoms. The van der Waals surface area contributed by atoms with E-state index in [1.165, 1.54) is 0 Å². The first kappa shape index (κ1) is 11.3. The predicted molar refractivity (Wildman–Crippen MR) is 61.0 cm³/mol. The van der Waals surface area contributed by atoms with E-state index in [4.69, 9.17) is 5.26 Å². The van der Waals surface area contributed by atoms with Crippen LogP contribution in [0, 0.1) is 11.3 Å². The van der Waals surface area contributed by atoms with Gasteiger partial charge in [0, 0.05) is 5.39 Å². The minimum atomic E-state index is -2.48. The molecule has 0 fully saturated rings. The molecule has 0 aliphatic heterocycles. The lowest BCUT2D eigenvalue weighted by Gasteiger charge is -2.07. The van der Waals surface area contributed by atoms with Gasteiger partial charge < -0.3 is 5.32 Å². The maximum atomic E-state index is 12.1. The van der Waals surface area contributed by atoms with Crippen molar-refractivity contribution in [3.63, 3.8) is 0 Å². The molecule has 2 aromatic rings. The molecule has 1 aromatic carbocycles. The number of hydrogen-bond donors (Lipinski definition) is 1. The minimum Gasteiger partial charge on any atom is -0.363 e. The molecule has 0 unspecified atom stereocenters. The molecule has 0 aliphatic carbocycles. The molecule has 17 heavy (non-hydrogen) atoms. The summed E-state index contributed by atoms with van der Waals surface area (Å²) in [6.45, 7) is -0.514. The van der Waals surface area contributed by atoms with E-state index in [1.54, 1.807) is 18.2 Å². The maximum absolute atomic E-state index is 12.1. The van der Waals surface area contributed by atoms with E-state index in [-0.39, 0.29) is 11.4 Å². The van der Waals surface area contributed by atoms with Gasteiger partial charge in [-0.25, -0.2) is 13.8 Å². The second-order valence-electron chi connectivity index (χ2n) is 3.46. The molecule has 3 nitrogen and oxygen atoms in total. The smallest absolute Gasteiger partial charge is 0.255 e. The van der Waals surface area contributed by atoms with Crippen LogP contribution in [0.15, 0.2) is 30.3 Å². The van der Waals surface area contributed by atoms with Crippen LogP contribution in [-0.2, 0) is 0 Å². The highest BCUT2D eigenvalue weighted by Crippen LogP contribution is 2.19. The van der Waals surface area contributed by atoms with Crippen molar-refractivity contribution in [2.75, 3.05) is 11.9 Å². The molecule has 0 aliphatic rings. The fourth-order valence-electron chi connectivity index (χ4n) is 1.51. The number of halogens is 2.